The first-order valence-corrected chi connectivity index (χ1v) is 6.28. The monoisotopic (exact) mass is 252 g/mol. The molecule has 0 amide bonds. The largest absolute Gasteiger partial charge is 0.373 e. The van der Waals surface area contributed by atoms with Crippen molar-refractivity contribution < 1.29 is 0 Å². The van der Waals surface area contributed by atoms with Crippen LogP contribution in [-0.4, -0.2) is 55.6 Å². The Balaban J connectivity index is 2.86. The molecule has 102 valence electrons. The number of nitrogens with two attached hydrogens (primary N) is 1. The van der Waals surface area contributed by atoms with E-state index in [1.165, 1.54) is 0 Å². The Morgan fingerprint density at radius 1 is 1.22 bits per heavy atom. The minimum Gasteiger partial charge on any atom is -0.373 e. The van der Waals surface area contributed by atoms with Gasteiger partial charge in [-0.05, 0) is 20.5 Å². The summed E-state index contributed by atoms with van der Waals surface area (Å²) in [4.78, 5) is 12.8. The van der Waals surface area contributed by atoms with Crippen molar-refractivity contribution in [2.24, 2.45) is 0 Å². The Labute approximate surface area is 109 Å². The molecule has 0 spiro atoms. The van der Waals surface area contributed by atoms with Crippen molar-refractivity contribution >= 4 is 17.6 Å². The van der Waals surface area contributed by atoms with Gasteiger partial charge in [-0.3, -0.25) is 0 Å². The quantitative estimate of drug-likeness (QED) is 0.750. The van der Waals surface area contributed by atoms with E-state index in [0.717, 1.165) is 37.7 Å². The molecule has 1 aromatic heterocycles. The van der Waals surface area contributed by atoms with Crippen molar-refractivity contribution in [2.45, 2.75) is 13.3 Å². The first-order valence-electron chi connectivity index (χ1n) is 6.28. The lowest BCUT2D eigenvalue weighted by molar-refractivity contribution is 0.412. The van der Waals surface area contributed by atoms with E-state index in [2.05, 4.69) is 46.1 Å². The van der Waals surface area contributed by atoms with Gasteiger partial charge in [0, 0.05) is 32.7 Å². The van der Waals surface area contributed by atoms with Crippen molar-refractivity contribution in [1.29, 1.82) is 0 Å². The molecule has 0 unspecified atom stereocenters. The summed E-state index contributed by atoms with van der Waals surface area (Å²) in [5.41, 5.74) is 5.73. The fraction of sp³-hybridized carbons (Fsp3) is 0.667. The molecule has 6 heteroatoms. The van der Waals surface area contributed by atoms with Gasteiger partial charge in [-0.2, -0.15) is 9.97 Å². The van der Waals surface area contributed by atoms with Crippen molar-refractivity contribution in [3.8, 4) is 0 Å². The average molecular weight is 252 g/mol. The molecular formula is C12H24N6. The van der Waals surface area contributed by atoms with Crippen LogP contribution in [0.3, 0.4) is 0 Å². The van der Waals surface area contributed by atoms with E-state index in [-0.39, 0.29) is 0 Å². The number of nitrogens with zero attached hydrogens (tertiary/aromatic N) is 4. The molecular weight excluding hydrogens is 228 g/mol. The van der Waals surface area contributed by atoms with Crippen molar-refractivity contribution in [3.05, 3.63) is 6.07 Å². The fourth-order valence-electron chi connectivity index (χ4n) is 1.67. The number of nitrogen functional groups attached to an aromatic ring is 1. The van der Waals surface area contributed by atoms with Crippen molar-refractivity contribution in [2.75, 3.05) is 56.7 Å². The molecule has 1 heterocycles. The van der Waals surface area contributed by atoms with E-state index in [0.29, 0.717) is 5.95 Å². The maximum Gasteiger partial charge on any atom is 0.223 e. The third-order valence-corrected chi connectivity index (χ3v) is 2.62. The highest BCUT2D eigenvalue weighted by atomic mass is 15.2. The molecule has 0 saturated heterocycles. The molecule has 0 aromatic carbocycles. The second kappa shape index (κ2) is 7.00. The first-order chi connectivity index (χ1) is 8.56. The smallest absolute Gasteiger partial charge is 0.223 e. The maximum atomic E-state index is 5.73. The average Bonchev–Trinajstić information content (AvgIpc) is 2.33. The van der Waals surface area contributed by atoms with E-state index in [1.54, 1.807) is 0 Å². The Bertz CT molecular complexity index is 366. The summed E-state index contributed by atoms with van der Waals surface area (Å²) in [5, 5.41) is 3.00. The summed E-state index contributed by atoms with van der Waals surface area (Å²) >= 11 is 0. The number of anilines is 3. The van der Waals surface area contributed by atoms with Gasteiger partial charge >= 0.3 is 0 Å². The van der Waals surface area contributed by atoms with Crippen LogP contribution in [-0.2, 0) is 0 Å². The van der Waals surface area contributed by atoms with Gasteiger partial charge in [0.1, 0.15) is 11.6 Å². The van der Waals surface area contributed by atoms with Gasteiger partial charge in [0.15, 0.2) is 0 Å². The molecule has 0 bridgehead atoms. The highest BCUT2D eigenvalue weighted by Crippen LogP contribution is 2.16. The lowest BCUT2D eigenvalue weighted by atomic mass is 10.3. The summed E-state index contributed by atoms with van der Waals surface area (Å²) < 4.78 is 0. The van der Waals surface area contributed by atoms with Crippen LogP contribution < -0.4 is 16.0 Å². The van der Waals surface area contributed by atoms with Crippen LogP contribution in [0.1, 0.15) is 13.3 Å². The number of rotatable bonds is 7. The van der Waals surface area contributed by atoms with Gasteiger partial charge in [-0.15, -0.1) is 0 Å². The molecule has 3 N–H and O–H groups in total. The maximum absolute atomic E-state index is 5.73. The number of aromatic nitrogens is 2. The van der Waals surface area contributed by atoms with Gasteiger partial charge in [0.05, 0.1) is 0 Å². The van der Waals surface area contributed by atoms with Crippen LogP contribution in [0.15, 0.2) is 6.07 Å². The number of hydrogen-bond donors (Lipinski definition) is 2. The van der Waals surface area contributed by atoms with Gasteiger partial charge in [0.2, 0.25) is 5.95 Å². The minimum atomic E-state index is 0.308. The predicted molar refractivity (Wildman–Crippen MR) is 77.0 cm³/mol. The van der Waals surface area contributed by atoms with Crippen LogP contribution >= 0.6 is 0 Å². The number of likely N-dealkylation sites (N-methyl/N-ethyl adjacent to an activating group) is 1. The van der Waals surface area contributed by atoms with Crippen LogP contribution in [0, 0.1) is 0 Å². The van der Waals surface area contributed by atoms with E-state index in [9.17, 15) is 0 Å². The number of hydrogen-bond acceptors (Lipinski definition) is 6. The van der Waals surface area contributed by atoms with E-state index < -0.39 is 0 Å². The van der Waals surface area contributed by atoms with E-state index in [1.807, 2.05) is 13.1 Å². The zero-order chi connectivity index (χ0) is 13.5. The second-order valence-corrected chi connectivity index (χ2v) is 4.51. The molecule has 0 radical (unpaired) electrons. The van der Waals surface area contributed by atoms with Gasteiger partial charge < -0.3 is 20.9 Å². The molecule has 0 saturated carbocycles. The molecule has 0 aliphatic carbocycles. The summed E-state index contributed by atoms with van der Waals surface area (Å²) in [6.07, 6.45) is 1.08. The fourth-order valence-corrected chi connectivity index (χ4v) is 1.67. The summed E-state index contributed by atoms with van der Waals surface area (Å²) in [5.74, 6) is 1.95. The van der Waals surface area contributed by atoms with Gasteiger partial charge in [-0.1, -0.05) is 6.92 Å². The molecule has 6 nitrogen and oxygen atoms in total. The molecule has 1 rings (SSSR count). The van der Waals surface area contributed by atoms with E-state index >= 15 is 0 Å². The van der Waals surface area contributed by atoms with E-state index in [4.69, 9.17) is 5.73 Å². The highest BCUT2D eigenvalue weighted by Gasteiger charge is 2.10. The van der Waals surface area contributed by atoms with Crippen molar-refractivity contribution in [1.82, 2.24) is 14.9 Å². The summed E-state index contributed by atoms with van der Waals surface area (Å²) in [6, 6.07) is 1.93. The summed E-state index contributed by atoms with van der Waals surface area (Å²) in [7, 11) is 5.96. The zero-order valence-corrected chi connectivity index (χ0v) is 11.8. The Hall–Kier alpha value is -1.56. The normalized spacial score (nSPS) is 10.7. The van der Waals surface area contributed by atoms with Gasteiger partial charge in [0.25, 0.3) is 0 Å². The zero-order valence-electron chi connectivity index (χ0n) is 11.8. The SMILES string of the molecule is CCCN(CCN(C)C)c1cc(NC)nc(N)n1. The Kier molecular flexibility index (Phi) is 5.64. The third kappa shape index (κ3) is 4.37. The predicted octanol–water partition coefficient (Wildman–Crippen LogP) is 0.879. The standard InChI is InChI=1S/C12H24N6/c1-5-6-18(8-7-17(3)4)11-9-10(14-2)15-12(13)16-11/h9H,5-8H2,1-4H3,(H3,13,14,15,16). The third-order valence-electron chi connectivity index (χ3n) is 2.62. The molecule has 1 aromatic rings. The van der Waals surface area contributed by atoms with Crippen LogP contribution in [0.5, 0.6) is 0 Å². The van der Waals surface area contributed by atoms with Gasteiger partial charge in [-0.25, -0.2) is 0 Å². The molecule has 0 aliphatic heterocycles. The lowest BCUT2D eigenvalue weighted by Crippen LogP contribution is -2.33. The van der Waals surface area contributed by atoms with Crippen LogP contribution in [0.2, 0.25) is 0 Å². The molecule has 0 atom stereocenters. The van der Waals surface area contributed by atoms with Crippen LogP contribution in [0.25, 0.3) is 0 Å². The second-order valence-electron chi connectivity index (χ2n) is 4.51. The first kappa shape index (κ1) is 14.5. The molecule has 0 aliphatic rings. The van der Waals surface area contributed by atoms with Crippen molar-refractivity contribution in [3.63, 3.8) is 0 Å². The highest BCUT2D eigenvalue weighted by molar-refractivity contribution is 5.52. The Morgan fingerprint density at radius 2 is 1.94 bits per heavy atom. The lowest BCUT2D eigenvalue weighted by Gasteiger charge is -2.25. The number of nitrogens with one attached hydrogen (secondary N) is 1. The topological polar surface area (TPSA) is 70.3 Å². The Morgan fingerprint density at radius 3 is 2.50 bits per heavy atom. The van der Waals surface area contributed by atoms with Crippen LogP contribution in [0.4, 0.5) is 17.6 Å². The minimum absolute atomic E-state index is 0.308. The molecule has 0 fully saturated rings. The summed E-state index contributed by atoms with van der Waals surface area (Å²) in [6.45, 7) is 5.04. The molecule has 18 heavy (non-hydrogen) atoms.